The summed E-state index contributed by atoms with van der Waals surface area (Å²) < 4.78 is 14.1. The number of rotatable bonds is 5. The van der Waals surface area contributed by atoms with Gasteiger partial charge in [-0.05, 0) is 53.9 Å². The van der Waals surface area contributed by atoms with Crippen LogP contribution in [0.25, 0.3) is 0 Å². The molecular weight excluding hydrogens is 346 g/mol. The van der Waals surface area contributed by atoms with E-state index in [1.54, 1.807) is 0 Å². The van der Waals surface area contributed by atoms with E-state index in [0.717, 1.165) is 35.2 Å². The van der Waals surface area contributed by atoms with Crippen molar-refractivity contribution in [2.45, 2.75) is 68.1 Å². The van der Waals surface area contributed by atoms with Gasteiger partial charge in [0, 0.05) is 10.5 Å². The SMILES string of the molecule is CCCNC1CCCCCCC1S(=O)c1ccccc1Br. The van der Waals surface area contributed by atoms with E-state index < -0.39 is 10.8 Å². The first-order valence-corrected chi connectivity index (χ1v) is 10.1. The molecule has 0 spiro atoms. The van der Waals surface area contributed by atoms with Gasteiger partial charge in [0.2, 0.25) is 0 Å². The molecule has 2 rings (SSSR count). The van der Waals surface area contributed by atoms with Gasteiger partial charge in [-0.15, -0.1) is 0 Å². The third-order valence-corrected chi connectivity index (χ3v) is 7.05. The Morgan fingerprint density at radius 3 is 2.62 bits per heavy atom. The molecule has 0 aliphatic heterocycles. The third-order valence-electron chi connectivity index (χ3n) is 4.19. The van der Waals surface area contributed by atoms with E-state index in [1.807, 2.05) is 24.3 Å². The van der Waals surface area contributed by atoms with Crippen LogP contribution in [-0.2, 0) is 10.8 Å². The smallest absolute Gasteiger partial charge is 0.0588 e. The Morgan fingerprint density at radius 2 is 1.90 bits per heavy atom. The minimum atomic E-state index is -0.943. The van der Waals surface area contributed by atoms with Crippen molar-refractivity contribution in [1.29, 1.82) is 0 Å². The minimum Gasteiger partial charge on any atom is -0.313 e. The summed E-state index contributed by atoms with van der Waals surface area (Å²) in [6.07, 6.45) is 8.40. The van der Waals surface area contributed by atoms with Crippen LogP contribution >= 0.6 is 15.9 Å². The zero-order valence-electron chi connectivity index (χ0n) is 12.8. The van der Waals surface area contributed by atoms with Crippen molar-refractivity contribution in [1.82, 2.24) is 5.32 Å². The quantitative estimate of drug-likeness (QED) is 0.815. The number of nitrogens with one attached hydrogen (secondary N) is 1. The molecule has 1 aliphatic carbocycles. The van der Waals surface area contributed by atoms with Gasteiger partial charge < -0.3 is 5.32 Å². The summed E-state index contributed by atoms with van der Waals surface area (Å²) in [6.45, 7) is 3.21. The Kier molecular flexibility index (Phi) is 7.41. The summed E-state index contributed by atoms with van der Waals surface area (Å²) in [7, 11) is -0.943. The standard InChI is InChI=1S/C17H26BrNOS/c1-2-13-19-15-10-5-3-4-6-12-17(15)21(20)16-11-8-7-9-14(16)18/h7-9,11,15,17,19H,2-6,10,12-13H2,1H3. The van der Waals surface area contributed by atoms with Crippen molar-refractivity contribution in [3.63, 3.8) is 0 Å². The molecule has 118 valence electrons. The van der Waals surface area contributed by atoms with Gasteiger partial charge in [0.25, 0.3) is 0 Å². The largest absolute Gasteiger partial charge is 0.313 e. The van der Waals surface area contributed by atoms with Crippen molar-refractivity contribution in [3.05, 3.63) is 28.7 Å². The molecule has 0 saturated heterocycles. The molecule has 1 fully saturated rings. The second-order valence-electron chi connectivity index (χ2n) is 5.82. The summed E-state index contributed by atoms with van der Waals surface area (Å²) >= 11 is 3.56. The molecule has 2 nitrogen and oxygen atoms in total. The predicted octanol–water partition coefficient (Wildman–Crippen LogP) is 4.65. The first-order valence-electron chi connectivity index (χ1n) is 8.12. The lowest BCUT2D eigenvalue weighted by atomic mass is 9.96. The van der Waals surface area contributed by atoms with Crippen LogP contribution in [0.2, 0.25) is 0 Å². The fraction of sp³-hybridized carbons (Fsp3) is 0.647. The summed E-state index contributed by atoms with van der Waals surface area (Å²) in [5.41, 5.74) is 0. The maximum atomic E-state index is 13.1. The molecule has 0 aromatic heterocycles. The van der Waals surface area contributed by atoms with Crippen LogP contribution in [0.4, 0.5) is 0 Å². The highest BCUT2D eigenvalue weighted by molar-refractivity contribution is 9.10. The van der Waals surface area contributed by atoms with Crippen LogP contribution in [0.3, 0.4) is 0 Å². The lowest BCUT2D eigenvalue weighted by Crippen LogP contribution is -2.43. The van der Waals surface area contributed by atoms with Crippen molar-refractivity contribution in [2.24, 2.45) is 0 Å². The molecule has 1 aromatic rings. The maximum absolute atomic E-state index is 13.1. The van der Waals surface area contributed by atoms with E-state index in [-0.39, 0.29) is 5.25 Å². The average molecular weight is 372 g/mol. The highest BCUT2D eigenvalue weighted by atomic mass is 79.9. The van der Waals surface area contributed by atoms with Gasteiger partial charge in [0.1, 0.15) is 0 Å². The molecule has 3 atom stereocenters. The van der Waals surface area contributed by atoms with Crippen molar-refractivity contribution >= 4 is 26.7 Å². The normalized spacial score (nSPS) is 25.0. The van der Waals surface area contributed by atoms with E-state index in [4.69, 9.17) is 0 Å². The molecule has 0 bridgehead atoms. The predicted molar refractivity (Wildman–Crippen MR) is 94.1 cm³/mol. The van der Waals surface area contributed by atoms with E-state index in [9.17, 15) is 4.21 Å². The lowest BCUT2D eigenvalue weighted by Gasteiger charge is -2.30. The first-order chi connectivity index (χ1) is 10.2. The Morgan fingerprint density at radius 1 is 1.19 bits per heavy atom. The second kappa shape index (κ2) is 9.06. The molecule has 0 amide bonds. The van der Waals surface area contributed by atoms with Crippen molar-refractivity contribution < 1.29 is 4.21 Å². The minimum absolute atomic E-state index is 0.232. The monoisotopic (exact) mass is 371 g/mol. The average Bonchev–Trinajstić information content (AvgIpc) is 2.46. The molecule has 1 N–H and O–H groups in total. The number of halogens is 1. The van der Waals surface area contributed by atoms with Gasteiger partial charge in [0.05, 0.1) is 20.9 Å². The number of hydrogen-bond donors (Lipinski definition) is 1. The van der Waals surface area contributed by atoms with Gasteiger partial charge >= 0.3 is 0 Å². The Labute approximate surface area is 139 Å². The Balaban J connectivity index is 2.17. The molecule has 1 aliphatic rings. The highest BCUT2D eigenvalue weighted by Crippen LogP contribution is 2.28. The topological polar surface area (TPSA) is 29.1 Å². The summed E-state index contributed by atoms with van der Waals surface area (Å²) in [4.78, 5) is 0.950. The molecular formula is C17H26BrNOS. The van der Waals surface area contributed by atoms with Crippen LogP contribution in [0.15, 0.2) is 33.6 Å². The van der Waals surface area contributed by atoms with Crippen LogP contribution < -0.4 is 5.32 Å². The molecule has 1 aromatic carbocycles. The van der Waals surface area contributed by atoms with E-state index >= 15 is 0 Å². The van der Waals surface area contributed by atoms with Crippen LogP contribution in [0.1, 0.15) is 51.9 Å². The number of hydrogen-bond acceptors (Lipinski definition) is 2. The van der Waals surface area contributed by atoms with E-state index in [1.165, 1.54) is 25.7 Å². The summed E-state index contributed by atoms with van der Waals surface area (Å²) in [5, 5.41) is 3.88. The molecule has 4 heteroatoms. The van der Waals surface area contributed by atoms with Gasteiger partial charge in [-0.1, -0.05) is 44.7 Å². The Hall–Kier alpha value is -0.190. The molecule has 1 saturated carbocycles. The van der Waals surface area contributed by atoms with E-state index in [2.05, 4.69) is 28.2 Å². The van der Waals surface area contributed by atoms with Crippen LogP contribution in [0, 0.1) is 0 Å². The maximum Gasteiger partial charge on any atom is 0.0588 e. The summed E-state index contributed by atoms with van der Waals surface area (Å²) in [5.74, 6) is 0. The Bertz CT molecular complexity index is 464. The number of benzene rings is 1. The fourth-order valence-corrected chi connectivity index (χ4v) is 5.51. The van der Waals surface area contributed by atoms with E-state index in [0.29, 0.717) is 6.04 Å². The lowest BCUT2D eigenvalue weighted by molar-refractivity contribution is 0.395. The third kappa shape index (κ3) is 4.90. The highest BCUT2D eigenvalue weighted by Gasteiger charge is 2.29. The first kappa shape index (κ1) is 17.2. The van der Waals surface area contributed by atoms with Gasteiger partial charge in [-0.3, -0.25) is 4.21 Å². The van der Waals surface area contributed by atoms with Gasteiger partial charge in [-0.25, -0.2) is 0 Å². The van der Waals surface area contributed by atoms with Gasteiger partial charge in [-0.2, -0.15) is 0 Å². The molecule has 3 unspecified atom stereocenters. The second-order valence-corrected chi connectivity index (χ2v) is 8.31. The molecule has 21 heavy (non-hydrogen) atoms. The van der Waals surface area contributed by atoms with Crippen molar-refractivity contribution in [3.8, 4) is 0 Å². The molecule has 0 heterocycles. The zero-order chi connectivity index (χ0) is 15.1. The summed E-state index contributed by atoms with van der Waals surface area (Å²) in [6, 6.07) is 8.34. The van der Waals surface area contributed by atoms with Crippen LogP contribution in [-0.4, -0.2) is 22.0 Å². The fourth-order valence-electron chi connectivity index (χ4n) is 3.04. The zero-order valence-corrected chi connectivity index (χ0v) is 15.2. The van der Waals surface area contributed by atoms with Gasteiger partial charge in [0.15, 0.2) is 0 Å². The van der Waals surface area contributed by atoms with Crippen LogP contribution in [0.5, 0.6) is 0 Å². The van der Waals surface area contributed by atoms with Crippen molar-refractivity contribution in [2.75, 3.05) is 6.54 Å². The molecule has 0 radical (unpaired) electrons.